The van der Waals surface area contributed by atoms with Crippen LogP contribution in [0.5, 0.6) is 0 Å². The van der Waals surface area contributed by atoms with Gasteiger partial charge in [0.25, 0.3) is 0 Å². The summed E-state index contributed by atoms with van der Waals surface area (Å²) in [5.41, 5.74) is 3.09. The van der Waals surface area contributed by atoms with Gasteiger partial charge in [-0.1, -0.05) is 12.1 Å². The molecule has 1 aliphatic heterocycles. The number of piperidine rings is 1. The molecule has 2 aromatic carbocycles. The van der Waals surface area contributed by atoms with Crippen LogP contribution < -0.4 is 15.5 Å². The highest BCUT2D eigenvalue weighted by Gasteiger charge is 2.15. The van der Waals surface area contributed by atoms with Gasteiger partial charge in [0.15, 0.2) is 0 Å². The van der Waals surface area contributed by atoms with Gasteiger partial charge in [-0.25, -0.2) is 0 Å². The van der Waals surface area contributed by atoms with Crippen LogP contribution in [0, 0.1) is 0 Å². The van der Waals surface area contributed by atoms with Crippen molar-refractivity contribution in [2.75, 3.05) is 34.9 Å². The Labute approximate surface area is 160 Å². The van der Waals surface area contributed by atoms with Gasteiger partial charge in [0.2, 0.25) is 5.91 Å². The molecular formula is C21H27N3OS. The quantitative estimate of drug-likeness (QED) is 0.715. The van der Waals surface area contributed by atoms with Crippen LogP contribution in [-0.4, -0.2) is 31.3 Å². The fraction of sp³-hybridized carbons (Fsp3) is 0.381. The first-order valence-corrected chi connectivity index (χ1v) is 10.5. The van der Waals surface area contributed by atoms with Crippen molar-refractivity contribution < 1.29 is 4.79 Å². The highest BCUT2D eigenvalue weighted by atomic mass is 32.2. The molecule has 1 fully saturated rings. The zero-order valence-electron chi connectivity index (χ0n) is 15.5. The minimum atomic E-state index is -0.314. The fourth-order valence-corrected chi connectivity index (χ4v) is 3.78. The summed E-state index contributed by atoms with van der Waals surface area (Å²) < 4.78 is 0. The summed E-state index contributed by atoms with van der Waals surface area (Å²) in [5, 5.41) is 6.31. The molecule has 26 heavy (non-hydrogen) atoms. The normalized spacial score (nSPS) is 15.4. The number of carbonyl (C=O) groups is 1. The molecule has 0 unspecified atom stereocenters. The van der Waals surface area contributed by atoms with E-state index in [-0.39, 0.29) is 11.9 Å². The van der Waals surface area contributed by atoms with Crippen molar-refractivity contribution in [1.29, 1.82) is 0 Å². The van der Waals surface area contributed by atoms with Crippen molar-refractivity contribution in [3.05, 3.63) is 48.5 Å². The Morgan fingerprint density at radius 1 is 1.04 bits per heavy atom. The van der Waals surface area contributed by atoms with Crippen molar-refractivity contribution in [3.8, 4) is 0 Å². The smallest absolute Gasteiger partial charge is 0.246 e. The monoisotopic (exact) mass is 369 g/mol. The zero-order chi connectivity index (χ0) is 18.4. The van der Waals surface area contributed by atoms with E-state index in [4.69, 9.17) is 0 Å². The highest BCUT2D eigenvalue weighted by molar-refractivity contribution is 7.98. The third kappa shape index (κ3) is 4.73. The average molecular weight is 370 g/mol. The molecule has 138 valence electrons. The molecule has 1 atom stereocenters. The Morgan fingerprint density at radius 3 is 2.42 bits per heavy atom. The van der Waals surface area contributed by atoms with E-state index in [2.05, 4.69) is 39.8 Å². The molecule has 0 bridgehead atoms. The van der Waals surface area contributed by atoms with E-state index in [0.29, 0.717) is 0 Å². The molecule has 0 aliphatic carbocycles. The van der Waals surface area contributed by atoms with E-state index in [1.165, 1.54) is 24.9 Å². The Morgan fingerprint density at radius 2 is 1.73 bits per heavy atom. The number of nitrogens with one attached hydrogen (secondary N) is 2. The fourth-order valence-electron chi connectivity index (χ4n) is 3.23. The number of thioether (sulfide) groups is 1. The van der Waals surface area contributed by atoms with Crippen molar-refractivity contribution >= 4 is 34.7 Å². The summed E-state index contributed by atoms with van der Waals surface area (Å²) in [5.74, 6) is -0.0355. The Kier molecular flexibility index (Phi) is 6.45. The minimum Gasteiger partial charge on any atom is -0.374 e. The first kappa shape index (κ1) is 18.6. The lowest BCUT2D eigenvalue weighted by Gasteiger charge is -2.29. The van der Waals surface area contributed by atoms with Crippen molar-refractivity contribution in [3.63, 3.8) is 0 Å². The molecule has 0 aromatic heterocycles. The lowest BCUT2D eigenvalue weighted by molar-refractivity contribution is -0.116. The lowest BCUT2D eigenvalue weighted by Crippen LogP contribution is -2.32. The summed E-state index contributed by atoms with van der Waals surface area (Å²) in [6.45, 7) is 4.16. The van der Waals surface area contributed by atoms with E-state index < -0.39 is 0 Å². The van der Waals surface area contributed by atoms with E-state index in [0.717, 1.165) is 29.4 Å². The first-order chi connectivity index (χ1) is 12.7. The second-order valence-electron chi connectivity index (χ2n) is 6.65. The summed E-state index contributed by atoms with van der Waals surface area (Å²) in [6, 6.07) is 15.9. The van der Waals surface area contributed by atoms with Gasteiger partial charge in [-0.15, -0.1) is 11.8 Å². The van der Waals surface area contributed by atoms with Crippen LogP contribution >= 0.6 is 11.8 Å². The summed E-state index contributed by atoms with van der Waals surface area (Å²) >= 11 is 1.63. The number of hydrogen-bond acceptors (Lipinski definition) is 4. The van der Waals surface area contributed by atoms with Gasteiger partial charge in [0.1, 0.15) is 6.04 Å². The zero-order valence-corrected chi connectivity index (χ0v) is 16.3. The van der Waals surface area contributed by atoms with Gasteiger partial charge < -0.3 is 15.5 Å². The number of nitrogens with zero attached hydrogens (tertiary/aromatic N) is 1. The van der Waals surface area contributed by atoms with Crippen LogP contribution in [0.3, 0.4) is 0 Å². The third-order valence-electron chi connectivity index (χ3n) is 4.73. The van der Waals surface area contributed by atoms with E-state index in [1.807, 2.05) is 37.4 Å². The number of hydrogen-bond donors (Lipinski definition) is 2. The standard InChI is InChI=1S/C21H27N3OS/c1-16(21(25)23-19-8-4-5-9-20(19)26-2)22-17-10-12-18(13-11-17)24-14-6-3-7-15-24/h4-5,8-13,16,22H,3,6-7,14-15H2,1-2H3,(H,23,25)/t16-/m0/s1. The Balaban J connectivity index is 1.58. The third-order valence-corrected chi connectivity index (χ3v) is 5.53. The number of rotatable bonds is 6. The Bertz CT molecular complexity index is 726. The molecule has 2 N–H and O–H groups in total. The maximum Gasteiger partial charge on any atom is 0.246 e. The summed E-state index contributed by atoms with van der Waals surface area (Å²) in [4.78, 5) is 16.0. The molecule has 0 spiro atoms. The molecule has 3 rings (SSSR count). The van der Waals surface area contributed by atoms with Gasteiger partial charge in [0, 0.05) is 29.4 Å². The number of carbonyl (C=O) groups excluding carboxylic acids is 1. The van der Waals surface area contributed by atoms with Gasteiger partial charge in [-0.3, -0.25) is 4.79 Å². The van der Waals surface area contributed by atoms with Gasteiger partial charge >= 0.3 is 0 Å². The predicted molar refractivity (Wildman–Crippen MR) is 112 cm³/mol. The second-order valence-corrected chi connectivity index (χ2v) is 7.50. The molecule has 0 saturated carbocycles. The molecule has 4 nitrogen and oxygen atoms in total. The van der Waals surface area contributed by atoms with Crippen LogP contribution in [0.1, 0.15) is 26.2 Å². The molecule has 5 heteroatoms. The van der Waals surface area contributed by atoms with Crippen molar-refractivity contribution in [2.45, 2.75) is 37.1 Å². The minimum absolute atomic E-state index is 0.0355. The van der Waals surface area contributed by atoms with Crippen molar-refractivity contribution in [1.82, 2.24) is 0 Å². The summed E-state index contributed by atoms with van der Waals surface area (Å²) in [7, 11) is 0. The average Bonchev–Trinajstić information content (AvgIpc) is 2.69. The lowest BCUT2D eigenvalue weighted by atomic mass is 10.1. The predicted octanol–water partition coefficient (Wildman–Crippen LogP) is 4.84. The molecular weight excluding hydrogens is 342 g/mol. The van der Waals surface area contributed by atoms with E-state index >= 15 is 0 Å². The van der Waals surface area contributed by atoms with E-state index in [9.17, 15) is 4.79 Å². The van der Waals surface area contributed by atoms with Crippen LogP contribution in [0.15, 0.2) is 53.4 Å². The van der Waals surface area contributed by atoms with Crippen molar-refractivity contribution in [2.24, 2.45) is 0 Å². The van der Waals surface area contributed by atoms with Crippen LogP contribution in [0.2, 0.25) is 0 Å². The van der Waals surface area contributed by atoms with Gasteiger partial charge in [-0.2, -0.15) is 0 Å². The van der Waals surface area contributed by atoms with Crippen LogP contribution in [0.4, 0.5) is 17.1 Å². The highest BCUT2D eigenvalue weighted by Crippen LogP contribution is 2.25. The van der Waals surface area contributed by atoms with Gasteiger partial charge in [-0.05, 0) is 68.8 Å². The molecule has 1 aliphatic rings. The first-order valence-electron chi connectivity index (χ1n) is 9.23. The molecule has 1 amide bonds. The van der Waals surface area contributed by atoms with E-state index in [1.54, 1.807) is 11.8 Å². The number of amides is 1. The topological polar surface area (TPSA) is 44.4 Å². The largest absolute Gasteiger partial charge is 0.374 e. The number of para-hydroxylation sites is 1. The van der Waals surface area contributed by atoms with Crippen LogP contribution in [0.25, 0.3) is 0 Å². The Hall–Kier alpha value is -2.14. The maximum absolute atomic E-state index is 12.5. The van der Waals surface area contributed by atoms with Gasteiger partial charge in [0.05, 0.1) is 5.69 Å². The molecule has 0 radical (unpaired) electrons. The SMILES string of the molecule is CSc1ccccc1NC(=O)[C@H](C)Nc1ccc(N2CCCCC2)cc1. The number of benzene rings is 2. The second kappa shape index (κ2) is 8.99. The molecule has 1 heterocycles. The maximum atomic E-state index is 12.5. The number of anilines is 3. The molecule has 2 aromatic rings. The summed E-state index contributed by atoms with van der Waals surface area (Å²) in [6.07, 6.45) is 5.89. The van der Waals surface area contributed by atoms with Crippen LogP contribution in [-0.2, 0) is 4.79 Å². The molecule has 1 saturated heterocycles.